The molecule has 18 heavy (non-hydrogen) atoms. The molecule has 1 atom stereocenters. The van der Waals surface area contributed by atoms with Crippen LogP contribution in [-0.2, 0) is 4.79 Å². The number of piperazine rings is 1. The van der Waals surface area contributed by atoms with E-state index in [9.17, 15) is 4.79 Å². The molecule has 0 unspecified atom stereocenters. The number of nitrogens with zero attached hydrogens (tertiary/aromatic N) is 2. The molecule has 1 amide bonds. The molecule has 1 fully saturated rings. The van der Waals surface area contributed by atoms with Gasteiger partial charge >= 0.3 is 0 Å². The molecule has 1 rings (SSSR count). The van der Waals surface area contributed by atoms with Gasteiger partial charge in [0.2, 0.25) is 5.91 Å². The van der Waals surface area contributed by atoms with Gasteiger partial charge in [-0.25, -0.2) is 0 Å². The molecule has 1 aliphatic rings. The molecule has 0 bridgehead atoms. The summed E-state index contributed by atoms with van der Waals surface area (Å²) >= 11 is 0. The summed E-state index contributed by atoms with van der Waals surface area (Å²) in [6.07, 6.45) is 0.785. The van der Waals surface area contributed by atoms with E-state index < -0.39 is 0 Å². The Kier molecular flexibility index (Phi) is 11.1. The number of amides is 1. The smallest absolute Gasteiger partial charge is 0.239 e. The molecule has 0 radical (unpaired) electrons. The number of likely N-dealkylation sites (N-methyl/N-ethyl adjacent to an activating group) is 1. The number of carbonyl (C=O) groups excluding carboxylic acids is 1. The van der Waals surface area contributed by atoms with Crippen LogP contribution in [0, 0.1) is 5.92 Å². The highest BCUT2D eigenvalue weighted by molar-refractivity contribution is 5.85. The Morgan fingerprint density at radius 1 is 1.17 bits per heavy atom. The van der Waals surface area contributed by atoms with Crippen LogP contribution in [0.3, 0.4) is 0 Å². The van der Waals surface area contributed by atoms with Crippen molar-refractivity contribution in [1.29, 1.82) is 0 Å². The van der Waals surface area contributed by atoms with Gasteiger partial charge in [-0.1, -0.05) is 20.8 Å². The minimum atomic E-state index is -0.312. The number of carbonyl (C=O) groups is 1. The van der Waals surface area contributed by atoms with E-state index in [4.69, 9.17) is 5.73 Å². The van der Waals surface area contributed by atoms with Gasteiger partial charge in [0, 0.05) is 26.2 Å². The quantitative estimate of drug-likeness (QED) is 0.853. The SMILES string of the molecule is CCN1CCN(C(=O)[C@H](N)CC(C)C)CC1.Cl.Cl. The lowest BCUT2D eigenvalue weighted by Crippen LogP contribution is -2.53. The monoisotopic (exact) mass is 299 g/mol. The molecule has 1 heterocycles. The first-order chi connectivity index (χ1) is 7.54. The van der Waals surface area contributed by atoms with Crippen LogP contribution >= 0.6 is 24.8 Å². The zero-order valence-corrected chi connectivity index (χ0v) is 13.2. The standard InChI is InChI=1S/C12H25N3O.2ClH/c1-4-14-5-7-15(8-6-14)12(16)11(13)9-10(2)3;;/h10-11H,4-9,13H2,1-3H3;2*1H/t11-;;/m1../s1. The average molecular weight is 300 g/mol. The lowest BCUT2D eigenvalue weighted by atomic mass is 10.0. The Morgan fingerprint density at radius 2 is 1.67 bits per heavy atom. The summed E-state index contributed by atoms with van der Waals surface area (Å²) in [5.74, 6) is 0.611. The molecular formula is C12H27Cl2N3O. The number of nitrogens with two attached hydrogens (primary N) is 1. The predicted molar refractivity (Wildman–Crippen MR) is 80.6 cm³/mol. The van der Waals surface area contributed by atoms with E-state index >= 15 is 0 Å². The second kappa shape index (κ2) is 9.84. The summed E-state index contributed by atoms with van der Waals surface area (Å²) in [6.45, 7) is 11.1. The second-order valence-electron chi connectivity index (χ2n) is 5.00. The molecule has 110 valence electrons. The maximum atomic E-state index is 12.0. The van der Waals surface area contributed by atoms with Crippen LogP contribution in [0.2, 0.25) is 0 Å². The zero-order valence-electron chi connectivity index (χ0n) is 11.6. The molecule has 1 aliphatic heterocycles. The van der Waals surface area contributed by atoms with E-state index in [-0.39, 0.29) is 36.8 Å². The second-order valence-corrected chi connectivity index (χ2v) is 5.00. The largest absolute Gasteiger partial charge is 0.339 e. The lowest BCUT2D eigenvalue weighted by molar-refractivity contribution is -0.134. The van der Waals surface area contributed by atoms with Gasteiger partial charge in [0.1, 0.15) is 0 Å². The lowest BCUT2D eigenvalue weighted by Gasteiger charge is -2.35. The van der Waals surface area contributed by atoms with E-state index in [1.165, 1.54) is 0 Å². The predicted octanol–water partition coefficient (Wildman–Crippen LogP) is 1.37. The Morgan fingerprint density at radius 3 is 2.06 bits per heavy atom. The average Bonchev–Trinajstić information content (AvgIpc) is 2.27. The molecule has 0 aromatic carbocycles. The van der Waals surface area contributed by atoms with Crippen LogP contribution in [-0.4, -0.2) is 54.5 Å². The first-order valence-electron chi connectivity index (χ1n) is 6.31. The van der Waals surface area contributed by atoms with Crippen LogP contribution in [0.5, 0.6) is 0 Å². The van der Waals surface area contributed by atoms with Gasteiger partial charge in [-0.2, -0.15) is 0 Å². The normalized spacial score (nSPS) is 17.9. The summed E-state index contributed by atoms with van der Waals surface area (Å²) in [5, 5.41) is 0. The molecule has 0 aromatic rings. The third kappa shape index (κ3) is 6.23. The zero-order chi connectivity index (χ0) is 12.1. The molecule has 1 saturated heterocycles. The minimum absolute atomic E-state index is 0. The van der Waals surface area contributed by atoms with Crippen molar-refractivity contribution < 1.29 is 4.79 Å². The van der Waals surface area contributed by atoms with E-state index in [2.05, 4.69) is 25.7 Å². The third-order valence-corrected chi connectivity index (χ3v) is 3.17. The van der Waals surface area contributed by atoms with Gasteiger partial charge in [-0.15, -0.1) is 24.8 Å². The Balaban J connectivity index is 0. The highest BCUT2D eigenvalue weighted by atomic mass is 35.5. The van der Waals surface area contributed by atoms with Crippen LogP contribution < -0.4 is 5.73 Å². The number of halogens is 2. The molecule has 0 aromatic heterocycles. The molecule has 6 heteroatoms. The fraction of sp³-hybridized carbons (Fsp3) is 0.917. The summed E-state index contributed by atoms with van der Waals surface area (Å²) < 4.78 is 0. The van der Waals surface area contributed by atoms with Crippen molar-refractivity contribution in [3.8, 4) is 0 Å². The van der Waals surface area contributed by atoms with Crippen molar-refractivity contribution in [1.82, 2.24) is 9.80 Å². The summed E-state index contributed by atoms with van der Waals surface area (Å²) in [6, 6.07) is -0.312. The molecule has 2 N–H and O–H groups in total. The fourth-order valence-electron chi connectivity index (χ4n) is 2.13. The van der Waals surface area contributed by atoms with Gasteiger partial charge in [0.15, 0.2) is 0 Å². The van der Waals surface area contributed by atoms with Crippen molar-refractivity contribution in [3.05, 3.63) is 0 Å². The van der Waals surface area contributed by atoms with Crippen molar-refractivity contribution in [2.24, 2.45) is 11.7 Å². The Bertz CT molecular complexity index is 231. The fourth-order valence-corrected chi connectivity index (χ4v) is 2.13. The third-order valence-electron chi connectivity index (χ3n) is 3.17. The number of hydrogen-bond donors (Lipinski definition) is 1. The maximum absolute atomic E-state index is 12.0. The Labute approximate surface area is 123 Å². The van der Waals surface area contributed by atoms with Crippen LogP contribution in [0.1, 0.15) is 27.2 Å². The Hall–Kier alpha value is -0.0300. The summed E-state index contributed by atoms with van der Waals surface area (Å²) in [7, 11) is 0. The highest BCUT2D eigenvalue weighted by Crippen LogP contribution is 2.08. The minimum Gasteiger partial charge on any atom is -0.339 e. The van der Waals surface area contributed by atoms with Crippen LogP contribution in [0.25, 0.3) is 0 Å². The highest BCUT2D eigenvalue weighted by Gasteiger charge is 2.24. The first-order valence-corrected chi connectivity index (χ1v) is 6.31. The maximum Gasteiger partial charge on any atom is 0.239 e. The van der Waals surface area contributed by atoms with E-state index in [0.29, 0.717) is 5.92 Å². The van der Waals surface area contributed by atoms with Crippen LogP contribution in [0.15, 0.2) is 0 Å². The van der Waals surface area contributed by atoms with Crippen molar-refractivity contribution in [3.63, 3.8) is 0 Å². The van der Waals surface area contributed by atoms with Gasteiger partial charge in [0.25, 0.3) is 0 Å². The van der Waals surface area contributed by atoms with Crippen molar-refractivity contribution >= 4 is 30.7 Å². The van der Waals surface area contributed by atoms with Crippen molar-refractivity contribution in [2.45, 2.75) is 33.2 Å². The molecule has 4 nitrogen and oxygen atoms in total. The number of rotatable bonds is 4. The molecule has 0 spiro atoms. The van der Waals surface area contributed by atoms with Crippen molar-refractivity contribution in [2.75, 3.05) is 32.7 Å². The van der Waals surface area contributed by atoms with Gasteiger partial charge in [0.05, 0.1) is 6.04 Å². The van der Waals surface area contributed by atoms with Gasteiger partial charge in [-0.3, -0.25) is 4.79 Å². The van der Waals surface area contributed by atoms with Gasteiger partial charge < -0.3 is 15.5 Å². The molecule has 0 saturated carbocycles. The summed E-state index contributed by atoms with van der Waals surface area (Å²) in [5.41, 5.74) is 5.91. The number of hydrogen-bond acceptors (Lipinski definition) is 3. The van der Waals surface area contributed by atoms with Crippen LogP contribution in [0.4, 0.5) is 0 Å². The summed E-state index contributed by atoms with van der Waals surface area (Å²) in [4.78, 5) is 16.3. The van der Waals surface area contributed by atoms with E-state index in [1.54, 1.807) is 0 Å². The van der Waals surface area contributed by atoms with E-state index in [0.717, 1.165) is 39.1 Å². The first kappa shape index (κ1) is 20.3. The van der Waals surface area contributed by atoms with Gasteiger partial charge in [-0.05, 0) is 18.9 Å². The van der Waals surface area contributed by atoms with E-state index in [1.807, 2.05) is 4.90 Å². The molecule has 0 aliphatic carbocycles. The molecular weight excluding hydrogens is 273 g/mol. The topological polar surface area (TPSA) is 49.6 Å².